The number of carbonyl (C=O) groups excluding carboxylic acids is 1. The summed E-state index contributed by atoms with van der Waals surface area (Å²) >= 11 is 0. The second-order valence-corrected chi connectivity index (χ2v) is 10.7. The SMILES string of the molecule is C=CS(=O)(=O)N1CCN(c2cnc(OCC3CCN(C(=O)OC4(C)CC4)CC3)cn2)CC1. The molecule has 0 unspecified atom stereocenters. The van der Waals surface area contributed by atoms with Crippen LogP contribution in [0, 0.1) is 5.92 Å². The minimum Gasteiger partial charge on any atom is -0.476 e. The number of anilines is 1. The monoisotopic (exact) mass is 465 g/mol. The summed E-state index contributed by atoms with van der Waals surface area (Å²) in [6, 6.07) is 0. The first-order chi connectivity index (χ1) is 15.3. The van der Waals surface area contributed by atoms with E-state index in [1.54, 1.807) is 17.3 Å². The van der Waals surface area contributed by atoms with Gasteiger partial charge in [-0.25, -0.2) is 23.2 Å². The number of sulfonamides is 1. The number of rotatable bonds is 7. The van der Waals surface area contributed by atoms with Crippen molar-refractivity contribution >= 4 is 21.9 Å². The number of hydrogen-bond acceptors (Lipinski definition) is 8. The molecule has 2 aliphatic heterocycles. The molecule has 0 atom stereocenters. The minimum absolute atomic E-state index is 0.200. The van der Waals surface area contributed by atoms with Gasteiger partial charge in [-0.15, -0.1) is 0 Å². The summed E-state index contributed by atoms with van der Waals surface area (Å²) in [5.41, 5.74) is -0.237. The molecule has 0 N–H and O–H groups in total. The maximum atomic E-state index is 12.2. The Bertz CT molecular complexity index is 918. The third kappa shape index (κ3) is 5.50. The lowest BCUT2D eigenvalue weighted by Crippen LogP contribution is -2.48. The van der Waals surface area contributed by atoms with E-state index in [1.165, 1.54) is 4.31 Å². The summed E-state index contributed by atoms with van der Waals surface area (Å²) in [4.78, 5) is 24.8. The molecule has 3 aliphatic rings. The van der Waals surface area contributed by atoms with Gasteiger partial charge in [0.05, 0.1) is 19.0 Å². The molecule has 1 saturated carbocycles. The second kappa shape index (κ2) is 9.22. The van der Waals surface area contributed by atoms with Crippen molar-refractivity contribution in [3.8, 4) is 5.88 Å². The highest BCUT2D eigenvalue weighted by Gasteiger charge is 2.43. The number of hydrogen-bond donors (Lipinski definition) is 0. The number of amides is 1. The van der Waals surface area contributed by atoms with Gasteiger partial charge < -0.3 is 19.3 Å². The van der Waals surface area contributed by atoms with E-state index in [9.17, 15) is 13.2 Å². The fourth-order valence-electron chi connectivity index (χ4n) is 3.86. The van der Waals surface area contributed by atoms with E-state index in [0.717, 1.165) is 31.1 Å². The van der Waals surface area contributed by atoms with Gasteiger partial charge in [0.2, 0.25) is 15.9 Å². The molecule has 0 radical (unpaired) electrons. The number of likely N-dealkylation sites (tertiary alicyclic amines) is 1. The predicted molar refractivity (Wildman–Crippen MR) is 119 cm³/mol. The first-order valence-electron chi connectivity index (χ1n) is 11.1. The van der Waals surface area contributed by atoms with Gasteiger partial charge in [0.25, 0.3) is 0 Å². The summed E-state index contributed by atoms with van der Waals surface area (Å²) in [6.07, 6.45) is 6.71. The van der Waals surface area contributed by atoms with Crippen LogP contribution in [0.5, 0.6) is 5.88 Å². The number of piperazine rings is 1. The Kier molecular flexibility index (Phi) is 6.57. The van der Waals surface area contributed by atoms with Crippen LogP contribution in [-0.4, -0.2) is 85.2 Å². The van der Waals surface area contributed by atoms with E-state index in [-0.39, 0.29) is 11.7 Å². The molecule has 10 nitrogen and oxygen atoms in total. The maximum Gasteiger partial charge on any atom is 0.410 e. The van der Waals surface area contributed by atoms with Gasteiger partial charge >= 0.3 is 6.09 Å². The molecule has 32 heavy (non-hydrogen) atoms. The van der Waals surface area contributed by atoms with Gasteiger partial charge in [0, 0.05) is 44.7 Å². The molecule has 1 amide bonds. The summed E-state index contributed by atoms with van der Waals surface area (Å²) < 4.78 is 36.5. The molecule has 11 heteroatoms. The normalized spacial score (nSPS) is 21.8. The van der Waals surface area contributed by atoms with Crippen molar-refractivity contribution in [3.63, 3.8) is 0 Å². The van der Waals surface area contributed by atoms with Crippen LogP contribution in [0.15, 0.2) is 24.4 Å². The Morgan fingerprint density at radius 1 is 1.16 bits per heavy atom. The molecule has 2 saturated heterocycles. The smallest absolute Gasteiger partial charge is 0.410 e. The zero-order chi connectivity index (χ0) is 22.8. The number of nitrogens with zero attached hydrogens (tertiary/aromatic N) is 5. The van der Waals surface area contributed by atoms with E-state index in [0.29, 0.717) is 63.5 Å². The van der Waals surface area contributed by atoms with Crippen molar-refractivity contribution in [2.24, 2.45) is 5.92 Å². The number of ether oxygens (including phenoxy) is 2. The van der Waals surface area contributed by atoms with Crippen molar-refractivity contribution in [2.75, 3.05) is 50.8 Å². The molecule has 176 valence electrons. The van der Waals surface area contributed by atoms with Gasteiger partial charge in [-0.1, -0.05) is 6.58 Å². The summed E-state index contributed by atoms with van der Waals surface area (Å²) in [7, 11) is -3.38. The highest BCUT2D eigenvalue weighted by atomic mass is 32.2. The highest BCUT2D eigenvalue weighted by molar-refractivity contribution is 7.92. The molecule has 0 aromatic carbocycles. The fraction of sp³-hybridized carbons (Fsp3) is 0.667. The lowest BCUT2D eigenvalue weighted by atomic mass is 9.98. The Labute approximate surface area is 189 Å². The van der Waals surface area contributed by atoms with Crippen molar-refractivity contribution in [3.05, 3.63) is 24.4 Å². The summed E-state index contributed by atoms with van der Waals surface area (Å²) in [5, 5.41) is 0.985. The van der Waals surface area contributed by atoms with Gasteiger partial charge in [-0.05, 0) is 38.5 Å². The molecule has 1 aliphatic carbocycles. The quantitative estimate of drug-likeness (QED) is 0.601. The van der Waals surface area contributed by atoms with Crippen molar-refractivity contribution < 1.29 is 22.7 Å². The van der Waals surface area contributed by atoms with Crippen LogP contribution in [0.2, 0.25) is 0 Å². The first kappa shape index (κ1) is 22.8. The largest absolute Gasteiger partial charge is 0.476 e. The minimum atomic E-state index is -3.38. The molecular formula is C21H31N5O5S. The molecular weight excluding hydrogens is 434 g/mol. The zero-order valence-corrected chi connectivity index (χ0v) is 19.3. The molecule has 3 heterocycles. The molecule has 0 bridgehead atoms. The van der Waals surface area contributed by atoms with Crippen LogP contribution < -0.4 is 9.64 Å². The van der Waals surface area contributed by atoms with Gasteiger partial charge in [-0.3, -0.25) is 0 Å². The van der Waals surface area contributed by atoms with Crippen molar-refractivity contribution in [2.45, 2.75) is 38.2 Å². The van der Waals surface area contributed by atoms with Gasteiger partial charge in [-0.2, -0.15) is 4.31 Å². The van der Waals surface area contributed by atoms with Crippen LogP contribution >= 0.6 is 0 Å². The fourth-order valence-corrected chi connectivity index (χ4v) is 4.75. The van der Waals surface area contributed by atoms with Crippen LogP contribution in [-0.2, 0) is 14.8 Å². The molecule has 3 fully saturated rings. The van der Waals surface area contributed by atoms with E-state index in [1.807, 2.05) is 11.8 Å². The van der Waals surface area contributed by atoms with E-state index in [4.69, 9.17) is 9.47 Å². The van der Waals surface area contributed by atoms with E-state index < -0.39 is 10.0 Å². The second-order valence-electron chi connectivity index (χ2n) is 8.87. The topological polar surface area (TPSA) is 105 Å². The van der Waals surface area contributed by atoms with Crippen molar-refractivity contribution in [1.29, 1.82) is 0 Å². The first-order valence-corrected chi connectivity index (χ1v) is 12.6. The Hall–Kier alpha value is -2.40. The predicted octanol–water partition coefficient (Wildman–Crippen LogP) is 1.85. The average Bonchev–Trinajstić information content (AvgIpc) is 3.54. The molecule has 4 rings (SSSR count). The maximum absolute atomic E-state index is 12.2. The van der Waals surface area contributed by atoms with Crippen LogP contribution in [0.4, 0.5) is 10.6 Å². The lowest BCUT2D eigenvalue weighted by molar-refractivity contribution is 0.0454. The van der Waals surface area contributed by atoms with Gasteiger partial charge in [0.1, 0.15) is 11.4 Å². The van der Waals surface area contributed by atoms with Gasteiger partial charge in [0.15, 0.2) is 0 Å². The third-order valence-corrected chi connectivity index (χ3v) is 7.88. The number of piperidine rings is 1. The van der Waals surface area contributed by atoms with E-state index >= 15 is 0 Å². The van der Waals surface area contributed by atoms with Crippen LogP contribution in [0.3, 0.4) is 0 Å². The van der Waals surface area contributed by atoms with E-state index in [2.05, 4.69) is 16.5 Å². The average molecular weight is 466 g/mol. The molecule has 1 aromatic heterocycles. The third-order valence-electron chi connectivity index (χ3n) is 6.38. The van der Waals surface area contributed by atoms with Crippen molar-refractivity contribution in [1.82, 2.24) is 19.2 Å². The zero-order valence-electron chi connectivity index (χ0n) is 18.5. The molecule has 1 aromatic rings. The summed E-state index contributed by atoms with van der Waals surface area (Å²) in [6.45, 7) is 9.11. The van der Waals surface area contributed by atoms with Crippen LogP contribution in [0.1, 0.15) is 32.6 Å². The standard InChI is InChI=1S/C21H31N5O5S/c1-3-32(28,29)26-12-10-24(11-13-26)18-14-23-19(15-22-18)30-16-17-4-8-25(9-5-17)20(27)31-21(2)6-7-21/h3,14-15,17H,1,4-13,16H2,2H3. The Balaban J connectivity index is 1.19. The lowest BCUT2D eigenvalue weighted by Gasteiger charge is -2.33. The summed E-state index contributed by atoms with van der Waals surface area (Å²) in [5.74, 6) is 1.52. The highest BCUT2D eigenvalue weighted by Crippen LogP contribution is 2.39. The number of aromatic nitrogens is 2. The van der Waals surface area contributed by atoms with Crippen LogP contribution in [0.25, 0.3) is 0 Å². The number of carbonyl (C=O) groups is 1. The molecule has 0 spiro atoms. The Morgan fingerprint density at radius 2 is 1.84 bits per heavy atom. The Morgan fingerprint density at radius 3 is 2.41 bits per heavy atom.